The fourth-order valence-corrected chi connectivity index (χ4v) is 3.88. The summed E-state index contributed by atoms with van der Waals surface area (Å²) in [4.78, 5) is 15.1. The van der Waals surface area contributed by atoms with Crippen LogP contribution in [0.5, 0.6) is 11.5 Å². The molecule has 2 aliphatic heterocycles. The number of hydrogen-bond donors (Lipinski definition) is 0. The lowest BCUT2D eigenvalue weighted by Crippen LogP contribution is -2.38. The highest BCUT2D eigenvalue weighted by Crippen LogP contribution is 2.36. The van der Waals surface area contributed by atoms with Crippen LogP contribution in [0, 0.1) is 0 Å². The topological polar surface area (TPSA) is 56.6 Å². The zero-order valence-corrected chi connectivity index (χ0v) is 15.0. The van der Waals surface area contributed by atoms with Gasteiger partial charge in [-0.2, -0.15) is 5.10 Å². The lowest BCUT2D eigenvalue weighted by atomic mass is 9.86. The fraction of sp³-hybridized carbons (Fsp3) is 0.238. The van der Waals surface area contributed by atoms with Gasteiger partial charge in [0.15, 0.2) is 11.5 Å². The van der Waals surface area contributed by atoms with Crippen LogP contribution in [-0.2, 0) is 13.6 Å². The van der Waals surface area contributed by atoms with E-state index in [1.807, 2.05) is 30.4 Å². The first-order valence-corrected chi connectivity index (χ1v) is 8.94. The molecule has 5 rings (SSSR count). The molecule has 3 aromatic rings. The number of benzene rings is 2. The molecule has 1 amide bonds. The molecule has 2 aromatic carbocycles. The normalized spacial score (nSPS) is 17.7. The molecule has 3 heterocycles. The van der Waals surface area contributed by atoms with Crippen molar-refractivity contribution in [1.29, 1.82) is 0 Å². The quantitative estimate of drug-likeness (QED) is 0.704. The number of hydrogen-bond acceptors (Lipinski definition) is 4. The van der Waals surface area contributed by atoms with Crippen LogP contribution in [0.4, 0.5) is 0 Å². The Labute approximate surface area is 156 Å². The maximum atomic E-state index is 13.2. The minimum absolute atomic E-state index is 0.00306. The molecule has 0 bridgehead atoms. The zero-order chi connectivity index (χ0) is 18.4. The Kier molecular flexibility index (Phi) is 3.63. The Bertz CT molecular complexity index is 1030. The van der Waals surface area contributed by atoms with Crippen molar-refractivity contribution in [3.63, 3.8) is 0 Å². The predicted octanol–water partition coefficient (Wildman–Crippen LogP) is 2.94. The fourth-order valence-electron chi connectivity index (χ4n) is 3.88. The van der Waals surface area contributed by atoms with Crippen molar-refractivity contribution in [2.75, 3.05) is 13.3 Å². The third kappa shape index (κ3) is 2.73. The molecule has 0 fully saturated rings. The number of aryl methyl sites for hydroxylation is 1. The van der Waals surface area contributed by atoms with E-state index in [4.69, 9.17) is 9.47 Å². The molecule has 6 heteroatoms. The van der Waals surface area contributed by atoms with Crippen LogP contribution in [-0.4, -0.2) is 33.9 Å². The van der Waals surface area contributed by atoms with E-state index in [2.05, 4.69) is 23.3 Å². The minimum atomic E-state index is -0.00306. The molecule has 2 aliphatic rings. The smallest absolute Gasteiger partial charge is 0.254 e. The predicted molar refractivity (Wildman–Crippen MR) is 98.8 cm³/mol. The monoisotopic (exact) mass is 361 g/mol. The van der Waals surface area contributed by atoms with E-state index in [9.17, 15) is 4.79 Å². The van der Waals surface area contributed by atoms with Gasteiger partial charge in [-0.25, -0.2) is 0 Å². The second-order valence-electron chi connectivity index (χ2n) is 6.95. The van der Waals surface area contributed by atoms with Crippen LogP contribution < -0.4 is 9.47 Å². The van der Waals surface area contributed by atoms with Gasteiger partial charge in [-0.15, -0.1) is 0 Å². The Hall–Kier alpha value is -3.28. The van der Waals surface area contributed by atoms with Crippen molar-refractivity contribution in [2.45, 2.75) is 12.5 Å². The van der Waals surface area contributed by atoms with Gasteiger partial charge in [-0.3, -0.25) is 9.48 Å². The summed E-state index contributed by atoms with van der Waals surface area (Å²) in [5.41, 5.74) is 4.17. The van der Waals surface area contributed by atoms with Crippen LogP contribution in [0.3, 0.4) is 0 Å². The molecule has 27 heavy (non-hydrogen) atoms. The Balaban J connectivity index is 1.49. The van der Waals surface area contributed by atoms with E-state index < -0.39 is 0 Å². The molecular weight excluding hydrogens is 342 g/mol. The Morgan fingerprint density at radius 2 is 2.00 bits per heavy atom. The van der Waals surface area contributed by atoms with Gasteiger partial charge in [0.2, 0.25) is 6.79 Å². The summed E-state index contributed by atoms with van der Waals surface area (Å²) in [6.07, 6.45) is 3.91. The molecule has 0 N–H and O–H groups in total. The van der Waals surface area contributed by atoms with Crippen LogP contribution in [0.25, 0.3) is 0 Å². The average Bonchev–Trinajstić information content (AvgIpc) is 3.34. The summed E-state index contributed by atoms with van der Waals surface area (Å²) >= 11 is 0. The van der Waals surface area contributed by atoms with Gasteiger partial charge in [0, 0.05) is 37.8 Å². The Morgan fingerprint density at radius 1 is 1.15 bits per heavy atom. The standard InChI is InChI=1S/C21H19N3O3/c1-23-10-16(9-22-23)18-12-24(11-15-4-2-3-5-17(15)18)21(25)14-6-7-19-20(8-14)27-13-26-19/h2-10,18H,11-13H2,1H3/t18-/m1/s1. The molecular formula is C21H19N3O3. The van der Waals surface area contributed by atoms with Gasteiger partial charge >= 0.3 is 0 Å². The van der Waals surface area contributed by atoms with E-state index in [1.54, 1.807) is 22.9 Å². The highest BCUT2D eigenvalue weighted by Gasteiger charge is 2.30. The van der Waals surface area contributed by atoms with Crippen molar-refractivity contribution in [1.82, 2.24) is 14.7 Å². The lowest BCUT2D eigenvalue weighted by molar-refractivity contribution is 0.0724. The second-order valence-corrected chi connectivity index (χ2v) is 6.95. The number of rotatable bonds is 2. The number of amides is 1. The summed E-state index contributed by atoms with van der Waals surface area (Å²) in [7, 11) is 1.91. The van der Waals surface area contributed by atoms with Crippen molar-refractivity contribution in [2.24, 2.45) is 7.05 Å². The first-order chi connectivity index (χ1) is 13.2. The molecule has 0 radical (unpaired) electrons. The van der Waals surface area contributed by atoms with Gasteiger partial charge in [0.1, 0.15) is 0 Å². The summed E-state index contributed by atoms with van der Waals surface area (Å²) in [6, 6.07) is 13.7. The molecule has 136 valence electrons. The summed E-state index contributed by atoms with van der Waals surface area (Å²) in [6.45, 7) is 1.42. The third-order valence-corrected chi connectivity index (χ3v) is 5.23. The molecule has 6 nitrogen and oxygen atoms in total. The van der Waals surface area contributed by atoms with Crippen LogP contribution in [0.2, 0.25) is 0 Å². The van der Waals surface area contributed by atoms with E-state index >= 15 is 0 Å². The van der Waals surface area contributed by atoms with Crippen LogP contribution in [0.15, 0.2) is 54.9 Å². The van der Waals surface area contributed by atoms with Crippen molar-refractivity contribution in [3.05, 3.63) is 77.1 Å². The lowest BCUT2D eigenvalue weighted by Gasteiger charge is -2.34. The maximum absolute atomic E-state index is 13.2. The van der Waals surface area contributed by atoms with Gasteiger partial charge in [-0.1, -0.05) is 24.3 Å². The molecule has 1 aromatic heterocycles. The second kappa shape index (κ2) is 6.16. The molecule has 1 atom stereocenters. The number of nitrogens with zero attached hydrogens (tertiary/aromatic N) is 3. The van der Waals surface area contributed by atoms with E-state index in [1.165, 1.54) is 11.1 Å². The van der Waals surface area contributed by atoms with E-state index in [0.29, 0.717) is 30.2 Å². The van der Waals surface area contributed by atoms with Gasteiger partial charge in [0.25, 0.3) is 5.91 Å². The molecule has 0 saturated heterocycles. The number of fused-ring (bicyclic) bond motifs is 2. The SMILES string of the molecule is Cn1cc([C@H]2CN(C(=O)c3ccc4c(c3)OCO4)Cc3ccccc32)cn1. The molecule has 0 unspecified atom stereocenters. The first-order valence-electron chi connectivity index (χ1n) is 8.94. The highest BCUT2D eigenvalue weighted by molar-refractivity contribution is 5.95. The first kappa shape index (κ1) is 15.9. The van der Waals surface area contributed by atoms with Crippen LogP contribution >= 0.6 is 0 Å². The minimum Gasteiger partial charge on any atom is -0.454 e. The summed E-state index contributed by atoms with van der Waals surface area (Å²) in [5.74, 6) is 1.42. The van der Waals surface area contributed by atoms with Gasteiger partial charge in [-0.05, 0) is 34.9 Å². The number of carbonyl (C=O) groups is 1. The van der Waals surface area contributed by atoms with E-state index in [-0.39, 0.29) is 18.6 Å². The van der Waals surface area contributed by atoms with Crippen molar-refractivity contribution >= 4 is 5.91 Å². The van der Waals surface area contributed by atoms with E-state index in [0.717, 1.165) is 5.56 Å². The summed E-state index contributed by atoms with van der Waals surface area (Å²) in [5, 5.41) is 4.31. The van der Waals surface area contributed by atoms with Gasteiger partial charge < -0.3 is 14.4 Å². The summed E-state index contributed by atoms with van der Waals surface area (Å²) < 4.78 is 12.6. The van der Waals surface area contributed by atoms with Crippen molar-refractivity contribution in [3.8, 4) is 11.5 Å². The highest BCUT2D eigenvalue weighted by atomic mass is 16.7. The molecule has 0 spiro atoms. The number of ether oxygens (including phenoxy) is 2. The van der Waals surface area contributed by atoms with Crippen molar-refractivity contribution < 1.29 is 14.3 Å². The van der Waals surface area contributed by atoms with Gasteiger partial charge in [0.05, 0.1) is 6.20 Å². The molecule has 0 saturated carbocycles. The third-order valence-electron chi connectivity index (χ3n) is 5.23. The Morgan fingerprint density at radius 3 is 2.85 bits per heavy atom. The molecule has 0 aliphatic carbocycles. The maximum Gasteiger partial charge on any atom is 0.254 e. The van der Waals surface area contributed by atoms with Crippen LogP contribution in [0.1, 0.15) is 33.0 Å². The average molecular weight is 361 g/mol. The zero-order valence-electron chi connectivity index (χ0n) is 15.0. The number of carbonyl (C=O) groups excluding carboxylic acids is 1. The number of aromatic nitrogens is 2. The largest absolute Gasteiger partial charge is 0.454 e.